The highest BCUT2D eigenvalue weighted by atomic mass is 35.5. The van der Waals surface area contributed by atoms with Gasteiger partial charge in [0.1, 0.15) is 11.4 Å². The number of carbonyl (C=O) groups is 2. The first-order valence-corrected chi connectivity index (χ1v) is 19.8. The summed E-state index contributed by atoms with van der Waals surface area (Å²) in [4.78, 5) is 25.3. The van der Waals surface area contributed by atoms with E-state index in [1.165, 1.54) is 167 Å². The molecule has 0 amide bonds. The van der Waals surface area contributed by atoms with E-state index < -0.39 is 5.60 Å². The van der Waals surface area contributed by atoms with Crippen LogP contribution >= 0.6 is 12.4 Å². The van der Waals surface area contributed by atoms with Crippen molar-refractivity contribution in [1.82, 2.24) is 0 Å². The molecule has 0 aliphatic rings. The SMILES string of the molecule is CCCCCCCCCCCCCCCCCC(=O)CC(O)(CC)C(=O)CCCCCCCCCCCCCCCCC.Cl. The Morgan fingerprint density at radius 1 is 0.409 bits per heavy atom. The molecule has 1 atom stereocenters. The Kier molecular flexibility index (Phi) is 36.8. The average molecular weight is 644 g/mol. The topological polar surface area (TPSA) is 54.4 Å². The third-order valence-electron chi connectivity index (χ3n) is 9.66. The van der Waals surface area contributed by atoms with E-state index in [1.807, 2.05) is 6.92 Å². The van der Waals surface area contributed by atoms with Gasteiger partial charge in [-0.25, -0.2) is 0 Å². The molecule has 44 heavy (non-hydrogen) atoms. The van der Waals surface area contributed by atoms with Gasteiger partial charge in [-0.1, -0.05) is 201 Å². The molecule has 0 rings (SSSR count). The second-order valence-electron chi connectivity index (χ2n) is 13.9. The molecule has 1 unspecified atom stereocenters. The van der Waals surface area contributed by atoms with Crippen molar-refractivity contribution in [1.29, 1.82) is 0 Å². The van der Waals surface area contributed by atoms with Gasteiger partial charge >= 0.3 is 0 Å². The second-order valence-corrected chi connectivity index (χ2v) is 13.9. The van der Waals surface area contributed by atoms with Crippen LogP contribution < -0.4 is 0 Å². The molecule has 0 aliphatic heterocycles. The maximum absolute atomic E-state index is 12.8. The lowest BCUT2D eigenvalue weighted by Gasteiger charge is -2.24. The summed E-state index contributed by atoms with van der Waals surface area (Å²) in [5, 5.41) is 10.9. The van der Waals surface area contributed by atoms with Crippen LogP contribution in [0.5, 0.6) is 0 Å². The minimum atomic E-state index is -1.44. The lowest BCUT2D eigenvalue weighted by Crippen LogP contribution is -2.40. The number of aliphatic hydroxyl groups is 1. The first-order chi connectivity index (χ1) is 21.0. The molecule has 0 aromatic rings. The Balaban J connectivity index is 0. The summed E-state index contributed by atoms with van der Waals surface area (Å²) >= 11 is 0. The Hall–Kier alpha value is -0.410. The number of hydrogen-bond acceptors (Lipinski definition) is 3. The molecule has 0 saturated heterocycles. The summed E-state index contributed by atoms with van der Waals surface area (Å²) in [7, 11) is 0. The third-order valence-corrected chi connectivity index (χ3v) is 9.66. The van der Waals surface area contributed by atoms with E-state index in [-0.39, 0.29) is 30.4 Å². The quantitative estimate of drug-likeness (QED) is 0.0692. The van der Waals surface area contributed by atoms with Gasteiger partial charge in [-0.05, 0) is 19.3 Å². The minimum absolute atomic E-state index is 0. The molecular formula is C40H79ClO3. The van der Waals surface area contributed by atoms with Crippen molar-refractivity contribution in [2.75, 3.05) is 0 Å². The first-order valence-electron chi connectivity index (χ1n) is 19.8. The molecule has 0 heterocycles. The number of ketones is 2. The van der Waals surface area contributed by atoms with Crippen LogP contribution in [-0.4, -0.2) is 22.3 Å². The maximum Gasteiger partial charge on any atom is 0.164 e. The minimum Gasteiger partial charge on any atom is -0.382 e. The van der Waals surface area contributed by atoms with Crippen LogP contribution in [0.2, 0.25) is 0 Å². The van der Waals surface area contributed by atoms with Gasteiger partial charge in [0.05, 0.1) is 0 Å². The zero-order valence-electron chi connectivity index (χ0n) is 30.2. The Morgan fingerprint density at radius 2 is 0.659 bits per heavy atom. The molecule has 264 valence electrons. The number of Topliss-reactive ketones (excluding diaryl/α,β-unsaturated/α-hetero) is 2. The largest absolute Gasteiger partial charge is 0.382 e. The normalized spacial score (nSPS) is 12.6. The summed E-state index contributed by atoms with van der Waals surface area (Å²) < 4.78 is 0. The number of hydrogen-bond donors (Lipinski definition) is 1. The van der Waals surface area contributed by atoms with Crippen LogP contribution in [0.4, 0.5) is 0 Å². The van der Waals surface area contributed by atoms with E-state index in [0.29, 0.717) is 19.3 Å². The molecule has 0 aromatic carbocycles. The highest BCUT2D eigenvalue weighted by molar-refractivity contribution is 5.92. The smallest absolute Gasteiger partial charge is 0.164 e. The number of unbranched alkanes of at least 4 members (excludes halogenated alkanes) is 28. The zero-order valence-corrected chi connectivity index (χ0v) is 31.0. The molecule has 0 radical (unpaired) electrons. The van der Waals surface area contributed by atoms with Gasteiger partial charge in [0.15, 0.2) is 5.78 Å². The molecule has 1 N–H and O–H groups in total. The van der Waals surface area contributed by atoms with Crippen molar-refractivity contribution < 1.29 is 14.7 Å². The van der Waals surface area contributed by atoms with Gasteiger partial charge in [-0.2, -0.15) is 0 Å². The van der Waals surface area contributed by atoms with Gasteiger partial charge in [-0.3, -0.25) is 9.59 Å². The molecule has 4 heteroatoms. The molecule has 0 bridgehead atoms. The summed E-state index contributed by atoms with van der Waals surface area (Å²) in [6, 6.07) is 0. The fraction of sp³-hybridized carbons (Fsp3) is 0.950. The lowest BCUT2D eigenvalue weighted by molar-refractivity contribution is -0.143. The highest BCUT2D eigenvalue weighted by Gasteiger charge is 2.35. The van der Waals surface area contributed by atoms with Crippen LogP contribution in [0, 0.1) is 0 Å². The van der Waals surface area contributed by atoms with E-state index >= 15 is 0 Å². The Morgan fingerprint density at radius 3 is 0.932 bits per heavy atom. The van der Waals surface area contributed by atoms with E-state index in [4.69, 9.17) is 0 Å². The summed E-state index contributed by atoms with van der Waals surface area (Å²) in [6.45, 7) is 6.39. The molecule has 3 nitrogen and oxygen atoms in total. The van der Waals surface area contributed by atoms with E-state index in [0.717, 1.165) is 25.7 Å². The average Bonchev–Trinajstić information content (AvgIpc) is 3.00. The van der Waals surface area contributed by atoms with Gasteiger partial charge in [0.25, 0.3) is 0 Å². The molecule has 0 aromatic heterocycles. The van der Waals surface area contributed by atoms with Crippen molar-refractivity contribution in [2.24, 2.45) is 0 Å². The van der Waals surface area contributed by atoms with Gasteiger partial charge in [0.2, 0.25) is 0 Å². The zero-order chi connectivity index (χ0) is 31.7. The maximum atomic E-state index is 12.8. The van der Waals surface area contributed by atoms with E-state index in [2.05, 4.69) is 13.8 Å². The Labute approximate surface area is 282 Å². The van der Waals surface area contributed by atoms with Gasteiger partial charge in [-0.15, -0.1) is 12.4 Å². The van der Waals surface area contributed by atoms with Crippen LogP contribution in [0.1, 0.15) is 239 Å². The lowest BCUT2D eigenvalue weighted by atomic mass is 9.85. The van der Waals surface area contributed by atoms with Crippen molar-refractivity contribution in [3.05, 3.63) is 0 Å². The van der Waals surface area contributed by atoms with Crippen molar-refractivity contribution in [2.45, 2.75) is 245 Å². The first kappa shape index (κ1) is 45.7. The number of halogens is 1. The van der Waals surface area contributed by atoms with Crippen molar-refractivity contribution in [3.63, 3.8) is 0 Å². The molecule has 0 saturated carbocycles. The van der Waals surface area contributed by atoms with Crippen molar-refractivity contribution >= 4 is 24.0 Å². The van der Waals surface area contributed by atoms with Crippen molar-refractivity contribution in [3.8, 4) is 0 Å². The van der Waals surface area contributed by atoms with Crippen LogP contribution in [0.25, 0.3) is 0 Å². The predicted octanol–water partition coefficient (Wildman–Crippen LogP) is 13.6. The summed E-state index contributed by atoms with van der Waals surface area (Å²) in [5.74, 6) is -0.0570. The van der Waals surface area contributed by atoms with Crippen LogP contribution in [0.3, 0.4) is 0 Å². The third kappa shape index (κ3) is 30.3. The Bertz CT molecular complexity index is 607. The van der Waals surface area contributed by atoms with E-state index in [9.17, 15) is 14.7 Å². The predicted molar refractivity (Wildman–Crippen MR) is 196 cm³/mol. The summed E-state index contributed by atoms with van der Waals surface area (Å²) in [5.41, 5.74) is -1.44. The van der Waals surface area contributed by atoms with Crippen LogP contribution in [0.15, 0.2) is 0 Å². The van der Waals surface area contributed by atoms with Crippen LogP contribution in [-0.2, 0) is 9.59 Å². The molecule has 0 aliphatic carbocycles. The number of carbonyl (C=O) groups excluding carboxylic acids is 2. The van der Waals surface area contributed by atoms with Gasteiger partial charge in [0, 0.05) is 19.3 Å². The van der Waals surface area contributed by atoms with Gasteiger partial charge < -0.3 is 5.11 Å². The monoisotopic (exact) mass is 643 g/mol. The number of rotatable bonds is 36. The standard InChI is InChI=1S/C40H78O3.ClH/c1-4-7-9-11-13-15-17-19-21-23-25-27-29-31-33-35-38(41)37-40(43,6-3)39(42)36-34-32-30-28-26-24-22-20-18-16-14-12-10-8-5-2;/h43H,4-37H2,1-3H3;1H. The summed E-state index contributed by atoms with van der Waals surface area (Å²) in [6.07, 6.45) is 40.4. The highest BCUT2D eigenvalue weighted by Crippen LogP contribution is 2.23. The molecule has 0 spiro atoms. The second kappa shape index (κ2) is 35.4. The van der Waals surface area contributed by atoms with E-state index in [1.54, 1.807) is 0 Å². The molecule has 0 fully saturated rings. The fourth-order valence-corrected chi connectivity index (χ4v) is 6.42. The molecular weight excluding hydrogens is 564 g/mol. The fourth-order valence-electron chi connectivity index (χ4n) is 6.42.